The second-order valence-corrected chi connectivity index (χ2v) is 9.39. The first-order chi connectivity index (χ1) is 13.0. The van der Waals surface area contributed by atoms with Crippen LogP contribution in [0.1, 0.15) is 37.8 Å². The van der Waals surface area contributed by atoms with E-state index >= 15 is 0 Å². The van der Waals surface area contributed by atoms with Crippen LogP contribution in [0.2, 0.25) is 0 Å². The summed E-state index contributed by atoms with van der Waals surface area (Å²) in [4.78, 5) is 12.7. The molecule has 0 saturated carbocycles. The molecule has 0 aliphatic carbocycles. The van der Waals surface area contributed by atoms with Gasteiger partial charge in [-0.3, -0.25) is 4.79 Å². The Morgan fingerprint density at radius 2 is 1.64 bits per heavy atom. The number of nitrogens with one attached hydrogen (secondary N) is 1. The van der Waals surface area contributed by atoms with Gasteiger partial charge < -0.3 is 10.1 Å². The second-order valence-electron chi connectivity index (χ2n) is 7.24. The SMILES string of the molecule is Cc1ccc(S(=O)(=O)N(C)C)cc1NC(=O)C(C)Oc1ccc(C(C)C)cc1. The molecule has 28 heavy (non-hydrogen) atoms. The third-order valence-electron chi connectivity index (χ3n) is 4.47. The van der Waals surface area contributed by atoms with Gasteiger partial charge in [-0.15, -0.1) is 0 Å². The van der Waals surface area contributed by atoms with E-state index in [0.29, 0.717) is 17.4 Å². The summed E-state index contributed by atoms with van der Waals surface area (Å²) < 4.78 is 31.5. The van der Waals surface area contributed by atoms with Crippen molar-refractivity contribution in [3.63, 3.8) is 0 Å². The average molecular weight is 405 g/mol. The molecular formula is C21H28N2O4S. The van der Waals surface area contributed by atoms with E-state index in [4.69, 9.17) is 4.74 Å². The van der Waals surface area contributed by atoms with Crippen molar-refractivity contribution in [2.45, 2.75) is 44.6 Å². The van der Waals surface area contributed by atoms with Crippen molar-refractivity contribution in [3.05, 3.63) is 53.6 Å². The quantitative estimate of drug-likeness (QED) is 0.762. The molecule has 152 valence electrons. The third kappa shape index (κ3) is 5.11. The molecule has 2 aromatic rings. The van der Waals surface area contributed by atoms with Gasteiger partial charge in [0.25, 0.3) is 5.91 Å². The molecule has 1 atom stereocenters. The van der Waals surface area contributed by atoms with Crippen LogP contribution in [0.3, 0.4) is 0 Å². The number of anilines is 1. The van der Waals surface area contributed by atoms with Gasteiger partial charge in [0.2, 0.25) is 10.0 Å². The van der Waals surface area contributed by atoms with Crippen molar-refractivity contribution in [2.24, 2.45) is 0 Å². The molecule has 0 fully saturated rings. The highest BCUT2D eigenvalue weighted by atomic mass is 32.2. The molecule has 0 radical (unpaired) electrons. The molecule has 1 amide bonds. The second kappa shape index (κ2) is 8.75. The standard InChI is InChI=1S/C21H28N2O4S/c1-14(2)17-8-10-18(11-9-17)27-16(4)21(24)22-20-13-19(12-7-15(20)3)28(25,26)23(5)6/h7-14,16H,1-6H3,(H,22,24). The zero-order chi connectivity index (χ0) is 21.1. The Labute approximate surface area is 167 Å². The molecule has 2 rings (SSSR count). The number of nitrogens with zero attached hydrogens (tertiary/aromatic N) is 1. The van der Waals surface area contributed by atoms with Crippen LogP contribution in [0.4, 0.5) is 5.69 Å². The van der Waals surface area contributed by atoms with Crippen molar-refractivity contribution in [1.82, 2.24) is 4.31 Å². The van der Waals surface area contributed by atoms with E-state index in [1.165, 1.54) is 31.8 Å². The van der Waals surface area contributed by atoms with Gasteiger partial charge in [-0.1, -0.05) is 32.0 Å². The summed E-state index contributed by atoms with van der Waals surface area (Å²) in [6.45, 7) is 7.68. The maximum absolute atomic E-state index is 12.5. The summed E-state index contributed by atoms with van der Waals surface area (Å²) in [5.74, 6) is 0.673. The molecule has 1 unspecified atom stereocenters. The van der Waals surface area contributed by atoms with Gasteiger partial charge in [0.05, 0.1) is 4.90 Å². The number of hydrogen-bond donors (Lipinski definition) is 1. The lowest BCUT2D eigenvalue weighted by atomic mass is 10.0. The molecule has 0 heterocycles. The number of carbonyl (C=O) groups excluding carboxylic acids is 1. The van der Waals surface area contributed by atoms with Gasteiger partial charge in [0.15, 0.2) is 6.10 Å². The van der Waals surface area contributed by atoms with Crippen molar-refractivity contribution < 1.29 is 17.9 Å². The highest BCUT2D eigenvalue weighted by Crippen LogP contribution is 2.23. The average Bonchev–Trinajstić information content (AvgIpc) is 2.63. The first-order valence-corrected chi connectivity index (χ1v) is 10.6. The predicted octanol–water partition coefficient (Wildman–Crippen LogP) is 3.77. The summed E-state index contributed by atoms with van der Waals surface area (Å²) >= 11 is 0. The maximum atomic E-state index is 12.5. The third-order valence-corrected chi connectivity index (χ3v) is 6.29. The van der Waals surface area contributed by atoms with E-state index in [1.54, 1.807) is 19.9 Å². The number of aryl methyl sites for hydroxylation is 1. The normalized spacial score (nSPS) is 12.9. The van der Waals surface area contributed by atoms with Crippen LogP contribution < -0.4 is 10.1 Å². The van der Waals surface area contributed by atoms with Crippen LogP contribution in [0.15, 0.2) is 47.4 Å². The number of rotatable bonds is 7. The van der Waals surface area contributed by atoms with Gasteiger partial charge in [-0.25, -0.2) is 12.7 Å². The number of sulfonamides is 1. The Morgan fingerprint density at radius 3 is 2.18 bits per heavy atom. The number of ether oxygens (including phenoxy) is 1. The Balaban J connectivity index is 2.13. The summed E-state index contributed by atoms with van der Waals surface area (Å²) in [7, 11) is -0.649. The van der Waals surface area contributed by atoms with Gasteiger partial charge in [-0.2, -0.15) is 0 Å². The van der Waals surface area contributed by atoms with Gasteiger partial charge in [0.1, 0.15) is 5.75 Å². The van der Waals surface area contributed by atoms with E-state index in [9.17, 15) is 13.2 Å². The lowest BCUT2D eigenvalue weighted by Gasteiger charge is -2.18. The van der Waals surface area contributed by atoms with Crippen LogP contribution in [0.25, 0.3) is 0 Å². The summed E-state index contributed by atoms with van der Waals surface area (Å²) in [5, 5.41) is 2.76. The number of carbonyl (C=O) groups is 1. The topological polar surface area (TPSA) is 75.7 Å². The number of amides is 1. The molecule has 0 saturated heterocycles. The zero-order valence-corrected chi connectivity index (χ0v) is 18.0. The Morgan fingerprint density at radius 1 is 1.04 bits per heavy atom. The van der Waals surface area contributed by atoms with E-state index in [1.807, 2.05) is 24.3 Å². The molecule has 0 aromatic heterocycles. The fourth-order valence-electron chi connectivity index (χ4n) is 2.53. The smallest absolute Gasteiger partial charge is 0.265 e. The molecule has 1 N–H and O–H groups in total. The van der Waals surface area contributed by atoms with E-state index in [-0.39, 0.29) is 10.8 Å². The van der Waals surface area contributed by atoms with Crippen LogP contribution in [-0.2, 0) is 14.8 Å². The Bertz CT molecular complexity index is 935. The van der Waals surface area contributed by atoms with Crippen LogP contribution in [0, 0.1) is 6.92 Å². The first-order valence-electron chi connectivity index (χ1n) is 9.13. The van der Waals surface area contributed by atoms with Crippen LogP contribution in [0.5, 0.6) is 5.75 Å². The summed E-state index contributed by atoms with van der Waals surface area (Å²) in [5.41, 5.74) is 2.40. The predicted molar refractivity (Wildman–Crippen MR) is 111 cm³/mol. The van der Waals surface area contributed by atoms with Gasteiger partial charge in [-0.05, 0) is 55.2 Å². The molecule has 7 heteroatoms. The first kappa shape index (κ1) is 21.9. The lowest BCUT2D eigenvalue weighted by Crippen LogP contribution is -2.30. The molecule has 0 bridgehead atoms. The van der Waals surface area contributed by atoms with Crippen molar-refractivity contribution in [2.75, 3.05) is 19.4 Å². The Kier molecular flexibility index (Phi) is 6.85. The highest BCUT2D eigenvalue weighted by molar-refractivity contribution is 7.89. The monoisotopic (exact) mass is 404 g/mol. The minimum Gasteiger partial charge on any atom is -0.481 e. The summed E-state index contributed by atoms with van der Waals surface area (Å²) in [6.07, 6.45) is -0.738. The van der Waals surface area contributed by atoms with Gasteiger partial charge in [0, 0.05) is 19.8 Å². The summed E-state index contributed by atoms with van der Waals surface area (Å²) in [6, 6.07) is 12.3. The molecule has 2 aromatic carbocycles. The Hall–Kier alpha value is -2.38. The van der Waals surface area contributed by atoms with E-state index in [2.05, 4.69) is 19.2 Å². The number of benzene rings is 2. The minimum atomic E-state index is -3.58. The largest absolute Gasteiger partial charge is 0.481 e. The van der Waals surface area contributed by atoms with Crippen molar-refractivity contribution in [1.29, 1.82) is 0 Å². The molecule has 0 aliphatic rings. The van der Waals surface area contributed by atoms with E-state index in [0.717, 1.165) is 9.87 Å². The highest BCUT2D eigenvalue weighted by Gasteiger charge is 2.20. The zero-order valence-electron chi connectivity index (χ0n) is 17.2. The molecule has 6 nitrogen and oxygen atoms in total. The van der Waals surface area contributed by atoms with Crippen molar-refractivity contribution in [3.8, 4) is 5.75 Å². The van der Waals surface area contributed by atoms with Crippen molar-refractivity contribution >= 4 is 21.6 Å². The lowest BCUT2D eigenvalue weighted by molar-refractivity contribution is -0.122. The van der Waals surface area contributed by atoms with E-state index < -0.39 is 16.1 Å². The van der Waals surface area contributed by atoms with Crippen LogP contribution >= 0.6 is 0 Å². The molecular weight excluding hydrogens is 376 g/mol. The molecule has 0 aliphatic heterocycles. The number of hydrogen-bond acceptors (Lipinski definition) is 4. The minimum absolute atomic E-state index is 0.122. The fourth-order valence-corrected chi connectivity index (χ4v) is 3.46. The van der Waals surface area contributed by atoms with Gasteiger partial charge >= 0.3 is 0 Å². The molecule has 0 spiro atoms. The fraction of sp³-hybridized carbons (Fsp3) is 0.381. The maximum Gasteiger partial charge on any atom is 0.265 e. The van der Waals surface area contributed by atoms with Crippen LogP contribution in [-0.4, -0.2) is 38.8 Å².